The van der Waals surface area contributed by atoms with E-state index >= 15 is 0 Å². The number of nitrogens with one attached hydrogen (secondary N) is 1. The highest BCUT2D eigenvalue weighted by atomic mass is 32.2. The molecule has 1 amide bonds. The van der Waals surface area contributed by atoms with Crippen LogP contribution >= 0.6 is 0 Å². The summed E-state index contributed by atoms with van der Waals surface area (Å²) in [6.45, 7) is 5.35. The van der Waals surface area contributed by atoms with E-state index in [1.54, 1.807) is 14.0 Å². The van der Waals surface area contributed by atoms with Gasteiger partial charge in [0.2, 0.25) is 10.0 Å². The molecule has 0 radical (unpaired) electrons. The number of aliphatic hydroxyl groups excluding tert-OH is 1. The van der Waals surface area contributed by atoms with Crippen molar-refractivity contribution in [2.45, 2.75) is 68.2 Å². The summed E-state index contributed by atoms with van der Waals surface area (Å²) < 4.78 is 83.8. The van der Waals surface area contributed by atoms with Crippen LogP contribution in [0, 0.1) is 11.7 Å². The first kappa shape index (κ1) is 37.3. The lowest BCUT2D eigenvalue weighted by Gasteiger charge is -2.35. The predicted octanol–water partition coefficient (Wildman–Crippen LogP) is 3.48. The standard InChI is InChI=1S/C32H44FN5O8S2/c1-22-17-38(23(2)20-39)32(40)28-16-26(35-47(41,42)31-19-36(4)21-34-31)11-14-29(28)46-24(3)8-6-7-15-45-30(22)18-37(5)48(43,44)27-12-9-25(33)10-13-27/h9-14,16,19,21-24,30,35,39H,6-8,15,17-18,20H2,1-5H3/t22-,23-,24-,30+/m1/s1. The molecule has 13 nitrogen and oxygen atoms in total. The molecule has 2 aromatic carbocycles. The number of carbonyl (C=O) groups is 1. The number of ether oxygens (including phenoxy) is 2. The van der Waals surface area contributed by atoms with Crippen LogP contribution in [0.1, 0.15) is 50.4 Å². The number of aryl methyl sites for hydroxylation is 1. The van der Waals surface area contributed by atoms with E-state index < -0.39 is 49.8 Å². The molecule has 1 aliphatic heterocycles. The van der Waals surface area contributed by atoms with Crippen molar-refractivity contribution < 1.29 is 40.6 Å². The monoisotopic (exact) mass is 709 g/mol. The van der Waals surface area contributed by atoms with Crippen LogP contribution in [0.25, 0.3) is 0 Å². The van der Waals surface area contributed by atoms with E-state index in [1.807, 2.05) is 13.8 Å². The molecular weight excluding hydrogens is 666 g/mol. The Hall–Kier alpha value is -3.57. The Bertz CT molecular complexity index is 1770. The Kier molecular flexibility index (Phi) is 12.2. The second-order valence-corrected chi connectivity index (χ2v) is 15.9. The zero-order chi connectivity index (χ0) is 35.2. The molecule has 0 unspecified atom stereocenters. The highest BCUT2D eigenvalue weighted by Gasteiger charge is 2.33. The van der Waals surface area contributed by atoms with Gasteiger partial charge in [-0.25, -0.2) is 17.8 Å². The number of imidazole rings is 1. The molecular formula is C32H44FN5O8S2. The van der Waals surface area contributed by atoms with Crippen LogP contribution < -0.4 is 9.46 Å². The van der Waals surface area contributed by atoms with Crippen LogP contribution in [0.3, 0.4) is 0 Å². The molecule has 3 aromatic rings. The Morgan fingerprint density at radius 3 is 2.48 bits per heavy atom. The normalized spacial score (nSPS) is 20.9. The molecule has 4 atom stereocenters. The van der Waals surface area contributed by atoms with Gasteiger partial charge in [0.1, 0.15) is 11.6 Å². The summed E-state index contributed by atoms with van der Waals surface area (Å²) >= 11 is 0. The number of hydrogen-bond donors (Lipinski definition) is 2. The largest absolute Gasteiger partial charge is 0.490 e. The van der Waals surface area contributed by atoms with Gasteiger partial charge in [-0.15, -0.1) is 0 Å². The van der Waals surface area contributed by atoms with Crippen molar-refractivity contribution in [3.63, 3.8) is 0 Å². The highest BCUT2D eigenvalue weighted by molar-refractivity contribution is 7.92. The molecule has 2 heterocycles. The number of nitrogens with zero attached hydrogens (tertiary/aromatic N) is 4. The van der Waals surface area contributed by atoms with Crippen molar-refractivity contribution >= 4 is 31.6 Å². The van der Waals surface area contributed by atoms with Gasteiger partial charge in [-0.05, 0) is 75.6 Å². The van der Waals surface area contributed by atoms with Crippen LogP contribution in [-0.2, 0) is 31.8 Å². The van der Waals surface area contributed by atoms with Crippen molar-refractivity contribution in [3.05, 3.63) is 66.4 Å². The third kappa shape index (κ3) is 9.11. The lowest BCUT2D eigenvalue weighted by molar-refractivity contribution is -0.00834. The number of aromatic nitrogens is 2. The summed E-state index contributed by atoms with van der Waals surface area (Å²) in [4.78, 5) is 19.6. The third-order valence-electron chi connectivity index (χ3n) is 8.22. The van der Waals surface area contributed by atoms with E-state index in [9.17, 15) is 31.1 Å². The summed E-state index contributed by atoms with van der Waals surface area (Å²) in [5.41, 5.74) is 0.199. The Morgan fingerprint density at radius 2 is 1.83 bits per heavy atom. The van der Waals surface area contributed by atoms with Gasteiger partial charge in [0.15, 0.2) is 5.03 Å². The molecule has 0 saturated heterocycles. The van der Waals surface area contributed by atoms with Crippen molar-refractivity contribution in [2.75, 3.05) is 38.1 Å². The second-order valence-electron chi connectivity index (χ2n) is 12.2. The van der Waals surface area contributed by atoms with Gasteiger partial charge in [0, 0.05) is 51.6 Å². The van der Waals surface area contributed by atoms with E-state index in [-0.39, 0.29) is 52.7 Å². The van der Waals surface area contributed by atoms with Crippen molar-refractivity contribution in [3.8, 4) is 5.75 Å². The maximum Gasteiger partial charge on any atom is 0.280 e. The fourth-order valence-electron chi connectivity index (χ4n) is 5.32. The minimum Gasteiger partial charge on any atom is -0.490 e. The number of amides is 1. The fourth-order valence-corrected chi connectivity index (χ4v) is 7.54. The Morgan fingerprint density at radius 1 is 1.12 bits per heavy atom. The number of hydrogen-bond acceptors (Lipinski definition) is 9. The Balaban J connectivity index is 1.67. The smallest absolute Gasteiger partial charge is 0.280 e. The second kappa shape index (κ2) is 15.8. The van der Waals surface area contributed by atoms with Crippen LogP contribution in [0.4, 0.5) is 10.1 Å². The van der Waals surface area contributed by atoms with Crippen molar-refractivity contribution in [1.29, 1.82) is 0 Å². The van der Waals surface area contributed by atoms with E-state index in [4.69, 9.17) is 9.47 Å². The molecule has 0 spiro atoms. The van der Waals surface area contributed by atoms with Gasteiger partial charge in [-0.3, -0.25) is 9.52 Å². The zero-order valence-electron chi connectivity index (χ0n) is 27.7. The summed E-state index contributed by atoms with van der Waals surface area (Å²) in [7, 11) is -4.99. The summed E-state index contributed by atoms with van der Waals surface area (Å²) in [5, 5.41) is 9.99. The number of carbonyl (C=O) groups excluding carboxylic acids is 1. The molecule has 1 aromatic heterocycles. The SMILES string of the molecule is C[C@@H]1CCCCO[C@@H](CN(C)S(=O)(=O)c2ccc(F)cc2)[C@H](C)CN([C@H](C)CO)C(=O)c2cc(NS(=O)(=O)c3cn(C)cn3)ccc2O1. The summed E-state index contributed by atoms with van der Waals surface area (Å²) in [6, 6.07) is 8.34. The molecule has 0 saturated carbocycles. The molecule has 4 rings (SSSR count). The first-order valence-corrected chi connectivity index (χ1v) is 18.6. The quantitative estimate of drug-likeness (QED) is 0.339. The number of fused-ring (bicyclic) bond motifs is 1. The molecule has 0 bridgehead atoms. The first-order chi connectivity index (χ1) is 22.6. The first-order valence-electron chi connectivity index (χ1n) is 15.7. The molecule has 2 N–H and O–H groups in total. The van der Waals surface area contributed by atoms with E-state index in [0.717, 1.165) is 22.9 Å². The van der Waals surface area contributed by atoms with E-state index in [2.05, 4.69) is 9.71 Å². The minimum atomic E-state index is -4.07. The maximum absolute atomic E-state index is 14.3. The van der Waals surface area contributed by atoms with Crippen LogP contribution in [0.15, 0.2) is 64.9 Å². The number of aliphatic hydroxyl groups is 1. The molecule has 48 heavy (non-hydrogen) atoms. The minimum absolute atomic E-state index is 0.0496. The zero-order valence-corrected chi connectivity index (χ0v) is 29.4. The van der Waals surface area contributed by atoms with E-state index in [1.165, 1.54) is 59.4 Å². The van der Waals surface area contributed by atoms with Crippen LogP contribution in [0.5, 0.6) is 5.75 Å². The number of rotatable bonds is 9. The number of halogens is 1. The lowest BCUT2D eigenvalue weighted by Crippen LogP contribution is -2.48. The molecule has 264 valence electrons. The van der Waals surface area contributed by atoms with Gasteiger partial charge >= 0.3 is 0 Å². The van der Waals surface area contributed by atoms with Gasteiger partial charge in [-0.1, -0.05) is 6.92 Å². The average Bonchev–Trinajstić information content (AvgIpc) is 3.49. The van der Waals surface area contributed by atoms with Gasteiger partial charge < -0.3 is 24.0 Å². The molecule has 0 fully saturated rings. The number of benzene rings is 2. The van der Waals surface area contributed by atoms with Crippen molar-refractivity contribution in [2.24, 2.45) is 13.0 Å². The molecule has 0 aliphatic carbocycles. The Labute approximate surface area is 281 Å². The number of anilines is 1. The van der Waals surface area contributed by atoms with E-state index in [0.29, 0.717) is 19.4 Å². The van der Waals surface area contributed by atoms with Gasteiger partial charge in [-0.2, -0.15) is 12.7 Å². The van der Waals surface area contributed by atoms with Gasteiger partial charge in [0.05, 0.1) is 41.6 Å². The fraction of sp³-hybridized carbons (Fsp3) is 0.500. The number of sulfonamides is 2. The van der Waals surface area contributed by atoms with Crippen molar-refractivity contribution in [1.82, 2.24) is 18.8 Å². The van der Waals surface area contributed by atoms with Gasteiger partial charge in [0.25, 0.3) is 15.9 Å². The number of likely N-dealkylation sites (N-methyl/N-ethyl adjacent to an activating group) is 1. The third-order valence-corrected chi connectivity index (χ3v) is 11.3. The summed E-state index contributed by atoms with van der Waals surface area (Å²) in [5.74, 6) is -1.24. The highest BCUT2D eigenvalue weighted by Crippen LogP contribution is 2.29. The maximum atomic E-state index is 14.3. The molecule has 1 aliphatic rings. The average molecular weight is 710 g/mol. The van der Waals surface area contributed by atoms with Crippen LogP contribution in [0.2, 0.25) is 0 Å². The molecule has 16 heteroatoms. The topological polar surface area (TPSA) is 160 Å². The lowest BCUT2D eigenvalue weighted by atomic mass is 10.0. The predicted molar refractivity (Wildman–Crippen MR) is 177 cm³/mol. The van der Waals surface area contributed by atoms with Crippen LogP contribution in [-0.4, -0.2) is 98.2 Å². The summed E-state index contributed by atoms with van der Waals surface area (Å²) in [6.07, 6.45) is 3.78.